The second-order valence-corrected chi connectivity index (χ2v) is 4.16. The number of carboxylic acid groups (broad SMARTS) is 1. The minimum atomic E-state index is -1.26. The van der Waals surface area contributed by atoms with Crippen molar-refractivity contribution in [2.75, 3.05) is 11.9 Å². The monoisotopic (exact) mass is 346 g/mol. The lowest BCUT2D eigenvalue weighted by Crippen LogP contribution is -2.22. The van der Waals surface area contributed by atoms with Crippen molar-refractivity contribution in [1.82, 2.24) is 0 Å². The summed E-state index contributed by atoms with van der Waals surface area (Å²) in [4.78, 5) is 21.8. The molecule has 1 rings (SSSR count). The normalized spacial score (nSPS) is 9.47. The molecule has 0 aliphatic heterocycles. The molecule has 0 unspecified atom stereocenters. The van der Waals surface area contributed by atoms with Crippen molar-refractivity contribution >= 4 is 40.3 Å². The Bertz CT molecular complexity index is 459. The Morgan fingerprint density at radius 3 is 2.76 bits per heavy atom. The van der Waals surface area contributed by atoms with E-state index in [0.717, 1.165) is 0 Å². The summed E-state index contributed by atoms with van der Waals surface area (Å²) in [5, 5.41) is 13.1. The van der Waals surface area contributed by atoms with Gasteiger partial charge in [0, 0.05) is 3.57 Å². The molecule has 1 amide bonds. The molecule has 0 radical (unpaired) electrons. The zero-order valence-electron chi connectivity index (χ0n) is 8.73. The zero-order chi connectivity index (χ0) is 12.8. The third kappa shape index (κ3) is 4.06. The van der Waals surface area contributed by atoms with Crippen molar-refractivity contribution in [2.45, 2.75) is 0 Å². The first-order chi connectivity index (χ1) is 8.04. The molecule has 1 aromatic carbocycles. The Balaban J connectivity index is 2.75. The van der Waals surface area contributed by atoms with Crippen LogP contribution in [0.2, 0.25) is 0 Å². The second-order valence-electron chi connectivity index (χ2n) is 2.99. The van der Waals surface area contributed by atoms with Crippen LogP contribution in [-0.2, 0) is 4.74 Å². The van der Waals surface area contributed by atoms with E-state index in [1.54, 1.807) is 0 Å². The summed E-state index contributed by atoms with van der Waals surface area (Å²) in [5.41, 5.74) is 0.532. The number of hydrogen-bond acceptors (Lipinski definition) is 4. The van der Waals surface area contributed by atoms with Crippen molar-refractivity contribution in [2.24, 2.45) is 0 Å². The van der Waals surface area contributed by atoms with E-state index in [1.807, 2.05) is 22.6 Å². The highest BCUT2D eigenvalue weighted by atomic mass is 127. The Labute approximate surface area is 112 Å². The van der Waals surface area contributed by atoms with Crippen LogP contribution in [0.5, 0.6) is 0 Å². The molecule has 0 heterocycles. The van der Waals surface area contributed by atoms with Crippen LogP contribution in [0.4, 0.5) is 10.5 Å². The number of aromatic carboxylic acids is 1. The van der Waals surface area contributed by atoms with Crippen LogP contribution in [0.1, 0.15) is 10.4 Å². The van der Waals surface area contributed by atoms with E-state index in [4.69, 9.17) is 4.74 Å². The predicted octanol–water partition coefficient (Wildman–Crippen LogP) is 1.39. The lowest BCUT2D eigenvalue weighted by Gasteiger charge is -2.09. The molecule has 1 N–H and O–H groups in total. The van der Waals surface area contributed by atoms with Crippen molar-refractivity contribution in [3.05, 3.63) is 40.0 Å². The lowest BCUT2D eigenvalue weighted by molar-refractivity contribution is -0.255. The van der Waals surface area contributed by atoms with E-state index in [2.05, 4.69) is 11.9 Å². The third-order valence-corrected chi connectivity index (χ3v) is 2.67. The third-order valence-electron chi connectivity index (χ3n) is 1.77. The fraction of sp³-hybridized carbons (Fsp3) is 0.0909. The van der Waals surface area contributed by atoms with Gasteiger partial charge < -0.3 is 14.6 Å². The standard InChI is InChI=1S/C11H10INO4/c1-2-5-17-11(16)13-9-4-3-7(10(14)15)6-8(9)12/h2-4,6H,1,5H2,(H,13,16)(H,14,15)/p-1. The van der Waals surface area contributed by atoms with Crippen molar-refractivity contribution in [1.29, 1.82) is 0 Å². The van der Waals surface area contributed by atoms with Gasteiger partial charge in [0.15, 0.2) is 0 Å². The quantitative estimate of drug-likeness (QED) is 0.660. The van der Waals surface area contributed by atoms with Gasteiger partial charge in [-0.05, 0) is 40.3 Å². The Morgan fingerprint density at radius 2 is 2.24 bits per heavy atom. The van der Waals surface area contributed by atoms with E-state index in [0.29, 0.717) is 9.26 Å². The van der Waals surface area contributed by atoms with Gasteiger partial charge >= 0.3 is 6.09 Å². The largest absolute Gasteiger partial charge is 0.545 e. The molecule has 17 heavy (non-hydrogen) atoms. The Kier molecular flexibility index (Phi) is 4.95. The molecule has 0 saturated carbocycles. The van der Waals surface area contributed by atoms with Gasteiger partial charge in [0.1, 0.15) is 6.61 Å². The number of nitrogens with one attached hydrogen (secondary N) is 1. The number of carbonyl (C=O) groups is 2. The summed E-state index contributed by atoms with van der Waals surface area (Å²) in [5.74, 6) is -1.26. The maximum absolute atomic E-state index is 11.2. The fourth-order valence-corrected chi connectivity index (χ4v) is 1.67. The number of benzene rings is 1. The average Bonchev–Trinajstić information content (AvgIpc) is 2.28. The Hall–Kier alpha value is -1.57. The summed E-state index contributed by atoms with van der Waals surface area (Å²) in [6, 6.07) is 4.22. The molecule has 0 atom stereocenters. The number of rotatable bonds is 4. The molecule has 6 heteroatoms. The average molecular weight is 346 g/mol. The first-order valence-electron chi connectivity index (χ1n) is 4.60. The molecule has 0 saturated heterocycles. The van der Waals surface area contributed by atoms with E-state index in [1.165, 1.54) is 24.3 Å². The van der Waals surface area contributed by atoms with Gasteiger partial charge in [-0.15, -0.1) is 0 Å². The van der Waals surface area contributed by atoms with Gasteiger partial charge in [-0.25, -0.2) is 4.79 Å². The molecule has 0 aromatic heterocycles. The zero-order valence-corrected chi connectivity index (χ0v) is 10.9. The summed E-state index contributed by atoms with van der Waals surface area (Å²) >= 11 is 1.91. The molecule has 0 fully saturated rings. The smallest absolute Gasteiger partial charge is 0.411 e. The van der Waals surface area contributed by atoms with E-state index < -0.39 is 12.1 Å². The van der Waals surface area contributed by atoms with E-state index >= 15 is 0 Å². The van der Waals surface area contributed by atoms with Gasteiger partial charge in [-0.1, -0.05) is 18.7 Å². The topological polar surface area (TPSA) is 78.5 Å². The molecular weight excluding hydrogens is 337 g/mol. The highest BCUT2D eigenvalue weighted by molar-refractivity contribution is 14.1. The summed E-state index contributed by atoms with van der Waals surface area (Å²) in [6.45, 7) is 3.52. The van der Waals surface area contributed by atoms with Crippen LogP contribution in [0.15, 0.2) is 30.9 Å². The SMILES string of the molecule is C=CCOC(=O)Nc1ccc(C(=O)[O-])cc1I. The van der Waals surface area contributed by atoms with Crippen LogP contribution in [0, 0.1) is 3.57 Å². The van der Waals surface area contributed by atoms with Crippen LogP contribution >= 0.6 is 22.6 Å². The summed E-state index contributed by atoms with van der Waals surface area (Å²) < 4.78 is 5.31. The van der Waals surface area contributed by atoms with Gasteiger partial charge in [0.05, 0.1) is 11.7 Å². The van der Waals surface area contributed by atoms with Gasteiger partial charge in [-0.2, -0.15) is 0 Å². The number of amides is 1. The molecule has 0 spiro atoms. The summed E-state index contributed by atoms with van der Waals surface area (Å²) in [7, 11) is 0. The number of halogens is 1. The van der Waals surface area contributed by atoms with E-state index in [-0.39, 0.29) is 12.2 Å². The molecule has 0 aliphatic rings. The predicted molar refractivity (Wildman–Crippen MR) is 68.7 cm³/mol. The molecular formula is C11H9INO4-. The molecule has 1 aromatic rings. The molecule has 0 aliphatic carbocycles. The first kappa shape index (κ1) is 13.5. The fourth-order valence-electron chi connectivity index (χ4n) is 1.02. The van der Waals surface area contributed by atoms with Crippen molar-refractivity contribution < 1.29 is 19.4 Å². The van der Waals surface area contributed by atoms with E-state index in [9.17, 15) is 14.7 Å². The summed E-state index contributed by atoms with van der Waals surface area (Å²) in [6.07, 6.45) is 0.827. The number of carbonyl (C=O) groups excluding carboxylic acids is 2. The number of ether oxygens (including phenoxy) is 1. The van der Waals surface area contributed by atoms with Gasteiger partial charge in [0.25, 0.3) is 0 Å². The molecule has 0 bridgehead atoms. The highest BCUT2D eigenvalue weighted by Gasteiger charge is 2.06. The number of carboxylic acids is 1. The van der Waals surface area contributed by atoms with Gasteiger partial charge in [-0.3, -0.25) is 5.32 Å². The maximum Gasteiger partial charge on any atom is 0.411 e. The Morgan fingerprint density at radius 1 is 1.53 bits per heavy atom. The second kappa shape index (κ2) is 6.24. The van der Waals surface area contributed by atoms with Crippen molar-refractivity contribution in [3.63, 3.8) is 0 Å². The van der Waals surface area contributed by atoms with Crippen LogP contribution in [0.3, 0.4) is 0 Å². The highest BCUT2D eigenvalue weighted by Crippen LogP contribution is 2.19. The lowest BCUT2D eigenvalue weighted by atomic mass is 10.2. The number of anilines is 1. The first-order valence-corrected chi connectivity index (χ1v) is 5.68. The molecule has 5 nitrogen and oxygen atoms in total. The van der Waals surface area contributed by atoms with Crippen LogP contribution in [0.25, 0.3) is 0 Å². The van der Waals surface area contributed by atoms with Crippen LogP contribution < -0.4 is 10.4 Å². The minimum Gasteiger partial charge on any atom is -0.545 e. The minimum absolute atomic E-state index is 0.0550. The number of hydrogen-bond donors (Lipinski definition) is 1. The van der Waals surface area contributed by atoms with Crippen LogP contribution in [-0.4, -0.2) is 18.7 Å². The maximum atomic E-state index is 11.2. The molecule has 90 valence electrons. The van der Waals surface area contributed by atoms with Crippen molar-refractivity contribution in [3.8, 4) is 0 Å². The van der Waals surface area contributed by atoms with Gasteiger partial charge in [0.2, 0.25) is 0 Å².